The number of rotatable bonds is 9. The summed E-state index contributed by atoms with van der Waals surface area (Å²) in [6.07, 6.45) is -1.52. The lowest BCUT2D eigenvalue weighted by atomic mass is 9.97. The molecule has 0 unspecified atom stereocenters. The number of aromatic nitrogens is 1. The molecule has 0 bridgehead atoms. The molecule has 0 spiro atoms. The first-order chi connectivity index (χ1) is 21.1. The van der Waals surface area contributed by atoms with Gasteiger partial charge in [0.05, 0.1) is 23.4 Å². The summed E-state index contributed by atoms with van der Waals surface area (Å²) in [5, 5.41) is 11.9. The second-order valence-electron chi connectivity index (χ2n) is 13.0. The summed E-state index contributed by atoms with van der Waals surface area (Å²) >= 11 is 0. The van der Waals surface area contributed by atoms with Crippen LogP contribution in [0.1, 0.15) is 48.2 Å². The van der Waals surface area contributed by atoms with E-state index in [1.807, 2.05) is 20.9 Å². The lowest BCUT2D eigenvalue weighted by molar-refractivity contribution is 0.101. The van der Waals surface area contributed by atoms with Gasteiger partial charge in [0, 0.05) is 70.2 Å². The summed E-state index contributed by atoms with van der Waals surface area (Å²) in [6.45, 7) is 11.3. The number of carbonyl (C=O) groups is 2. The van der Waals surface area contributed by atoms with Crippen LogP contribution in [-0.4, -0.2) is 91.9 Å². The SMILES string of the molecule is C[C@@H]1CN(c2cc(F)c(C3=CCCN(C(=O)O)C3)c(F)c2NC(=O)c2cnc(OCC[Si](C)(C)C)cc2C(F)F)C[C@H](C)N1C. The predicted octanol–water partition coefficient (Wildman–Crippen LogP) is 6.56. The standard InChI is InChI=1S/C31H41F4N5O4Si/c1-18-15-40(16-19(2)38(18)3)24-13-23(32)26(20-8-7-9-39(17-20)31(42)43)27(33)28(24)37-30(41)22-14-36-25(12-21(22)29(34)35)44-10-11-45(4,5)6/h8,12-14,18-19,29H,7,9-11,15-17H2,1-6H3,(H,37,41)(H,42,43)/t18-,19+. The molecule has 3 heterocycles. The molecule has 45 heavy (non-hydrogen) atoms. The molecule has 1 aromatic carbocycles. The number of hydrogen-bond acceptors (Lipinski definition) is 6. The zero-order chi connectivity index (χ0) is 33.2. The summed E-state index contributed by atoms with van der Waals surface area (Å²) in [6, 6.07) is 2.89. The van der Waals surface area contributed by atoms with Crippen molar-refractivity contribution < 1.29 is 37.0 Å². The Morgan fingerprint density at radius 3 is 2.42 bits per heavy atom. The van der Waals surface area contributed by atoms with Crippen molar-refractivity contribution in [3.63, 3.8) is 0 Å². The Kier molecular flexibility index (Phi) is 10.5. The Balaban J connectivity index is 1.75. The van der Waals surface area contributed by atoms with E-state index in [-0.39, 0.29) is 54.4 Å². The quantitative estimate of drug-likeness (QED) is 0.234. The minimum absolute atomic E-state index is 0.00333. The highest BCUT2D eigenvalue weighted by molar-refractivity contribution is 6.76. The van der Waals surface area contributed by atoms with Crippen molar-refractivity contribution in [3.05, 3.63) is 52.7 Å². The van der Waals surface area contributed by atoms with E-state index in [1.165, 1.54) is 0 Å². The molecule has 2 N–H and O–H groups in total. The molecule has 246 valence electrons. The summed E-state index contributed by atoms with van der Waals surface area (Å²) in [4.78, 5) is 34.1. The van der Waals surface area contributed by atoms with Crippen LogP contribution in [0.5, 0.6) is 5.88 Å². The van der Waals surface area contributed by atoms with Crippen LogP contribution in [0.3, 0.4) is 0 Å². The maximum absolute atomic E-state index is 16.5. The Morgan fingerprint density at radius 1 is 1.16 bits per heavy atom. The Hall–Kier alpha value is -3.65. The van der Waals surface area contributed by atoms with E-state index in [0.29, 0.717) is 19.7 Å². The number of anilines is 2. The monoisotopic (exact) mass is 651 g/mol. The summed E-state index contributed by atoms with van der Waals surface area (Å²) in [5.41, 5.74) is -1.82. The highest BCUT2D eigenvalue weighted by Crippen LogP contribution is 2.39. The second kappa shape index (κ2) is 13.8. The Morgan fingerprint density at radius 2 is 1.82 bits per heavy atom. The predicted molar refractivity (Wildman–Crippen MR) is 168 cm³/mol. The van der Waals surface area contributed by atoms with E-state index in [9.17, 15) is 23.5 Å². The van der Waals surface area contributed by atoms with E-state index < -0.39 is 54.8 Å². The summed E-state index contributed by atoms with van der Waals surface area (Å²) in [7, 11) is 0.488. The van der Waals surface area contributed by atoms with Gasteiger partial charge in [-0.25, -0.2) is 27.3 Å². The first-order valence-electron chi connectivity index (χ1n) is 15.0. The Bertz CT molecular complexity index is 1460. The largest absolute Gasteiger partial charge is 0.478 e. The van der Waals surface area contributed by atoms with Crippen LogP contribution in [0, 0.1) is 11.6 Å². The van der Waals surface area contributed by atoms with Crippen LogP contribution in [-0.2, 0) is 0 Å². The van der Waals surface area contributed by atoms with Crippen LogP contribution in [0.4, 0.5) is 33.7 Å². The number of amides is 2. The lowest BCUT2D eigenvalue weighted by Gasteiger charge is -2.44. The Labute approximate surface area is 261 Å². The molecule has 0 aliphatic carbocycles. The highest BCUT2D eigenvalue weighted by Gasteiger charge is 2.33. The third-order valence-corrected chi connectivity index (χ3v) is 10.1. The number of piperazine rings is 1. The number of nitrogens with zero attached hydrogens (tertiary/aromatic N) is 4. The van der Waals surface area contributed by atoms with E-state index in [1.54, 1.807) is 11.0 Å². The van der Waals surface area contributed by atoms with Gasteiger partial charge in [-0.1, -0.05) is 25.7 Å². The third-order valence-electron chi connectivity index (χ3n) is 8.37. The molecule has 1 fully saturated rings. The fraction of sp³-hybridized carbons (Fsp3) is 0.516. The van der Waals surface area contributed by atoms with Crippen molar-refractivity contribution in [2.75, 3.05) is 50.1 Å². The number of nitrogens with one attached hydrogen (secondary N) is 1. The fourth-order valence-electron chi connectivity index (χ4n) is 5.50. The first-order valence-corrected chi connectivity index (χ1v) is 18.7. The number of halogens is 4. The van der Waals surface area contributed by atoms with Gasteiger partial charge in [0.2, 0.25) is 5.88 Å². The van der Waals surface area contributed by atoms with Gasteiger partial charge in [-0.05, 0) is 38.9 Å². The summed E-state index contributed by atoms with van der Waals surface area (Å²) < 4.78 is 66.2. The first kappa shape index (κ1) is 34.2. The van der Waals surface area contributed by atoms with Crippen LogP contribution < -0.4 is 15.0 Å². The van der Waals surface area contributed by atoms with Gasteiger partial charge in [0.25, 0.3) is 12.3 Å². The van der Waals surface area contributed by atoms with Gasteiger partial charge in [-0.2, -0.15) is 0 Å². The number of pyridine rings is 1. The van der Waals surface area contributed by atoms with Gasteiger partial charge in [0.1, 0.15) is 11.5 Å². The fourth-order valence-corrected chi connectivity index (χ4v) is 6.22. The number of likely N-dealkylation sites (N-methyl/N-ethyl adjacent to an activating group) is 1. The third kappa shape index (κ3) is 7.96. The summed E-state index contributed by atoms with van der Waals surface area (Å²) in [5.74, 6) is -3.14. The minimum atomic E-state index is -3.06. The van der Waals surface area contributed by atoms with Crippen molar-refractivity contribution in [3.8, 4) is 5.88 Å². The van der Waals surface area contributed by atoms with Gasteiger partial charge < -0.3 is 25.0 Å². The molecule has 2 amide bonds. The molecule has 9 nitrogen and oxygen atoms in total. The van der Waals surface area contributed by atoms with Crippen LogP contribution >= 0.6 is 0 Å². The molecule has 14 heteroatoms. The van der Waals surface area contributed by atoms with Crippen molar-refractivity contribution in [2.24, 2.45) is 0 Å². The van der Waals surface area contributed by atoms with E-state index >= 15 is 8.78 Å². The molecule has 2 atom stereocenters. The molecule has 0 radical (unpaired) electrons. The van der Waals surface area contributed by atoms with Crippen LogP contribution in [0.25, 0.3) is 5.57 Å². The van der Waals surface area contributed by atoms with Gasteiger partial charge in [-0.3, -0.25) is 9.69 Å². The highest BCUT2D eigenvalue weighted by atomic mass is 28.3. The molecule has 0 saturated carbocycles. The molecule has 2 aliphatic rings. The lowest BCUT2D eigenvalue weighted by Crippen LogP contribution is -2.55. The topological polar surface area (TPSA) is 98.2 Å². The molecule has 1 aromatic heterocycles. The zero-order valence-corrected chi connectivity index (χ0v) is 27.5. The second-order valence-corrected chi connectivity index (χ2v) is 18.6. The van der Waals surface area contributed by atoms with E-state index in [0.717, 1.165) is 29.3 Å². The minimum Gasteiger partial charge on any atom is -0.478 e. The van der Waals surface area contributed by atoms with Crippen molar-refractivity contribution in [1.29, 1.82) is 0 Å². The number of ether oxygens (including phenoxy) is 1. The molecule has 2 aromatic rings. The molecule has 2 aliphatic heterocycles. The molecular formula is C31H41F4N5O4Si. The van der Waals surface area contributed by atoms with Crippen LogP contribution in [0.15, 0.2) is 24.4 Å². The number of alkyl halides is 2. The zero-order valence-electron chi connectivity index (χ0n) is 26.5. The smallest absolute Gasteiger partial charge is 0.407 e. The number of hydrogen-bond donors (Lipinski definition) is 2. The average Bonchev–Trinajstić information content (AvgIpc) is 2.96. The number of carboxylic acid groups (broad SMARTS) is 1. The number of benzene rings is 1. The van der Waals surface area contributed by atoms with E-state index in [2.05, 4.69) is 34.8 Å². The normalized spacial score (nSPS) is 19.5. The average molecular weight is 652 g/mol. The maximum atomic E-state index is 16.5. The van der Waals surface area contributed by atoms with E-state index in [4.69, 9.17) is 4.74 Å². The molecule has 4 rings (SSSR count). The van der Waals surface area contributed by atoms with Crippen LogP contribution in [0.2, 0.25) is 25.7 Å². The molecule has 1 saturated heterocycles. The van der Waals surface area contributed by atoms with Crippen molar-refractivity contribution in [2.45, 2.75) is 64.5 Å². The molecular weight excluding hydrogens is 610 g/mol. The maximum Gasteiger partial charge on any atom is 0.407 e. The van der Waals surface area contributed by atoms with Crippen molar-refractivity contribution >= 4 is 37.0 Å². The number of carbonyl (C=O) groups excluding carboxylic acids is 1. The van der Waals surface area contributed by atoms with Gasteiger partial charge >= 0.3 is 6.09 Å². The van der Waals surface area contributed by atoms with Gasteiger partial charge in [0.15, 0.2) is 5.82 Å². The van der Waals surface area contributed by atoms with Crippen molar-refractivity contribution in [1.82, 2.24) is 14.8 Å². The van der Waals surface area contributed by atoms with Gasteiger partial charge in [-0.15, -0.1) is 0 Å².